The highest BCUT2D eigenvalue weighted by atomic mass is 35.5. The summed E-state index contributed by atoms with van der Waals surface area (Å²) in [5.74, 6) is -0.402. The van der Waals surface area contributed by atoms with Crippen molar-refractivity contribution in [3.8, 4) is 5.75 Å². The number of phenolic OH excluding ortho intramolecular Hbond substituents is 1. The van der Waals surface area contributed by atoms with E-state index in [4.69, 9.17) is 28.9 Å². The lowest BCUT2D eigenvalue weighted by molar-refractivity contribution is 0.104. The Kier molecular flexibility index (Phi) is 6.32. The van der Waals surface area contributed by atoms with E-state index in [0.717, 1.165) is 0 Å². The lowest BCUT2D eigenvalue weighted by Crippen LogP contribution is -2.20. The second-order valence-electron chi connectivity index (χ2n) is 7.77. The van der Waals surface area contributed by atoms with Gasteiger partial charge in [0.1, 0.15) is 23.5 Å². The van der Waals surface area contributed by atoms with Gasteiger partial charge in [-0.15, -0.1) is 0 Å². The Bertz CT molecular complexity index is 1430. The third-order valence-corrected chi connectivity index (χ3v) is 5.67. The molecule has 0 atom stereocenters. The molecule has 0 unspecified atom stereocenters. The molecule has 2 aromatic heterocycles. The average molecular weight is 499 g/mol. The van der Waals surface area contributed by atoms with Crippen LogP contribution in [0.4, 0.5) is 22.0 Å². The summed E-state index contributed by atoms with van der Waals surface area (Å²) in [6.07, 6.45) is 3.02. The third kappa shape index (κ3) is 4.48. The number of nitrogens with one attached hydrogen (secondary N) is 2. The summed E-state index contributed by atoms with van der Waals surface area (Å²) in [6.45, 7) is 3.92. The van der Waals surface area contributed by atoms with Crippen LogP contribution >= 0.6 is 23.2 Å². The summed E-state index contributed by atoms with van der Waals surface area (Å²) in [5.41, 5.74) is 7.50. The number of amides is 2. The molecule has 4 rings (SSSR count). The molecule has 9 nitrogen and oxygen atoms in total. The Hall–Kier alpha value is -3.82. The molecule has 0 aliphatic rings. The van der Waals surface area contributed by atoms with Crippen LogP contribution in [0, 0.1) is 0 Å². The van der Waals surface area contributed by atoms with Gasteiger partial charge < -0.3 is 26.0 Å². The molecule has 0 fully saturated rings. The van der Waals surface area contributed by atoms with Crippen molar-refractivity contribution in [1.29, 1.82) is 0 Å². The van der Waals surface area contributed by atoms with Crippen LogP contribution in [0.2, 0.25) is 10.0 Å². The molecular weight excluding hydrogens is 479 g/mol. The Morgan fingerprint density at radius 3 is 2.50 bits per heavy atom. The van der Waals surface area contributed by atoms with Crippen LogP contribution in [0.3, 0.4) is 0 Å². The van der Waals surface area contributed by atoms with Crippen molar-refractivity contribution in [2.24, 2.45) is 0 Å². The first kappa shape index (κ1) is 23.3. The van der Waals surface area contributed by atoms with Gasteiger partial charge in [-0.05, 0) is 50.2 Å². The molecule has 2 amide bonds. The van der Waals surface area contributed by atoms with Crippen LogP contribution in [-0.4, -0.2) is 31.5 Å². The summed E-state index contributed by atoms with van der Waals surface area (Å²) >= 11 is 12.0. The summed E-state index contributed by atoms with van der Waals surface area (Å²) < 4.78 is 1.84. The number of urea groups is 1. The van der Waals surface area contributed by atoms with E-state index < -0.39 is 6.03 Å². The van der Waals surface area contributed by atoms with E-state index in [1.54, 1.807) is 18.3 Å². The number of aromatic hydroxyl groups is 1. The number of carbonyl (C=O) groups excluding carboxylic acids is 2. The number of hydrogen-bond acceptors (Lipinski definition) is 6. The quantitative estimate of drug-likeness (QED) is 0.212. The Morgan fingerprint density at radius 1 is 1.06 bits per heavy atom. The summed E-state index contributed by atoms with van der Waals surface area (Å²) in [7, 11) is 0. The topological polar surface area (TPSA) is 135 Å². The number of nitrogens with two attached hydrogens (primary N) is 1. The fraction of sp³-hybridized carbons (Fsp3) is 0.130. The maximum Gasteiger partial charge on any atom is 0.323 e. The minimum absolute atomic E-state index is 0.0267. The van der Waals surface area contributed by atoms with E-state index in [2.05, 4.69) is 20.6 Å². The summed E-state index contributed by atoms with van der Waals surface area (Å²) in [5, 5.41) is 16.4. The van der Waals surface area contributed by atoms with Gasteiger partial charge in [0.15, 0.2) is 5.78 Å². The van der Waals surface area contributed by atoms with Crippen molar-refractivity contribution < 1.29 is 14.7 Å². The minimum Gasteiger partial charge on any atom is -0.506 e. The Morgan fingerprint density at radius 2 is 1.79 bits per heavy atom. The number of benzene rings is 2. The second kappa shape index (κ2) is 9.20. The van der Waals surface area contributed by atoms with Crippen molar-refractivity contribution in [2.75, 3.05) is 16.4 Å². The van der Waals surface area contributed by atoms with Crippen molar-refractivity contribution in [2.45, 2.75) is 19.9 Å². The molecular formula is C23H20Cl2N6O3. The predicted molar refractivity (Wildman–Crippen MR) is 133 cm³/mol. The molecule has 0 saturated heterocycles. The predicted octanol–water partition coefficient (Wildman–Crippen LogP) is 5.48. The first-order chi connectivity index (χ1) is 16.2. The highest BCUT2D eigenvalue weighted by molar-refractivity contribution is 6.36. The Labute approximate surface area is 204 Å². The zero-order valence-corrected chi connectivity index (χ0v) is 19.6. The molecule has 11 heteroatoms. The van der Waals surface area contributed by atoms with Gasteiger partial charge in [0, 0.05) is 22.8 Å². The van der Waals surface area contributed by atoms with E-state index in [-0.39, 0.29) is 39.7 Å². The standard InChI is InChI=1S/C23H20Cl2N6O3/c1-11(2)31-9-14(19-21(26)27-10-28-22(19)31)20(33)12-3-6-18(32)17(7-12)30-23(34)29-16-5-4-13(24)8-15(16)25/h3-11,32H,1-2H3,(H2,26,27,28)(H2,29,30,34). The van der Waals surface area contributed by atoms with Gasteiger partial charge in [0.25, 0.3) is 0 Å². The molecule has 0 aliphatic heterocycles. The number of anilines is 3. The SMILES string of the molecule is CC(C)n1cc(C(=O)c2ccc(O)c(NC(=O)Nc3ccc(Cl)cc3Cl)c2)c2c(N)ncnc21. The van der Waals surface area contributed by atoms with Crippen LogP contribution in [0.15, 0.2) is 48.9 Å². The average Bonchev–Trinajstić information content (AvgIpc) is 3.18. The second-order valence-corrected chi connectivity index (χ2v) is 8.61. The number of hydrogen-bond donors (Lipinski definition) is 4. The molecule has 2 heterocycles. The summed E-state index contributed by atoms with van der Waals surface area (Å²) in [4.78, 5) is 34.2. The van der Waals surface area contributed by atoms with Gasteiger partial charge >= 0.3 is 6.03 Å². The molecule has 0 saturated carbocycles. The Balaban J connectivity index is 1.65. The molecule has 34 heavy (non-hydrogen) atoms. The van der Waals surface area contributed by atoms with Gasteiger partial charge in [-0.1, -0.05) is 23.2 Å². The number of nitrogen functional groups attached to an aromatic ring is 1. The van der Waals surface area contributed by atoms with Gasteiger partial charge in [0.05, 0.1) is 27.3 Å². The molecule has 0 spiro atoms. The molecule has 0 aliphatic carbocycles. The number of nitrogens with zero attached hydrogens (tertiary/aromatic N) is 3. The fourth-order valence-electron chi connectivity index (χ4n) is 3.47. The number of ketones is 1. The van der Waals surface area contributed by atoms with E-state index in [9.17, 15) is 14.7 Å². The van der Waals surface area contributed by atoms with Gasteiger partial charge in [-0.25, -0.2) is 14.8 Å². The van der Waals surface area contributed by atoms with Crippen LogP contribution in [0.25, 0.3) is 11.0 Å². The van der Waals surface area contributed by atoms with Gasteiger partial charge in [-0.3, -0.25) is 4.79 Å². The van der Waals surface area contributed by atoms with E-state index >= 15 is 0 Å². The molecule has 5 N–H and O–H groups in total. The lowest BCUT2D eigenvalue weighted by Gasteiger charge is -2.11. The maximum absolute atomic E-state index is 13.4. The zero-order chi connectivity index (χ0) is 24.6. The molecule has 0 radical (unpaired) electrons. The van der Waals surface area contributed by atoms with Crippen molar-refractivity contribution in [1.82, 2.24) is 14.5 Å². The van der Waals surface area contributed by atoms with Crippen molar-refractivity contribution in [3.63, 3.8) is 0 Å². The maximum atomic E-state index is 13.4. The zero-order valence-electron chi connectivity index (χ0n) is 18.1. The van der Waals surface area contributed by atoms with Crippen molar-refractivity contribution >= 4 is 63.2 Å². The molecule has 4 aromatic rings. The number of fused-ring (bicyclic) bond motifs is 1. The normalized spacial score (nSPS) is 11.1. The van der Waals surface area contributed by atoms with Crippen LogP contribution < -0.4 is 16.4 Å². The van der Waals surface area contributed by atoms with Crippen LogP contribution in [-0.2, 0) is 0 Å². The number of aromatic nitrogens is 3. The third-order valence-electron chi connectivity index (χ3n) is 5.13. The van der Waals surface area contributed by atoms with E-state index in [1.165, 1.54) is 30.6 Å². The summed E-state index contributed by atoms with van der Waals surface area (Å²) in [6, 6.07) is 8.10. The lowest BCUT2D eigenvalue weighted by atomic mass is 10.0. The fourth-order valence-corrected chi connectivity index (χ4v) is 3.93. The van der Waals surface area contributed by atoms with Crippen LogP contribution in [0.1, 0.15) is 35.8 Å². The monoisotopic (exact) mass is 498 g/mol. The first-order valence-electron chi connectivity index (χ1n) is 10.2. The van der Waals surface area contributed by atoms with Crippen molar-refractivity contribution in [3.05, 3.63) is 70.1 Å². The van der Waals surface area contributed by atoms with E-state index in [0.29, 0.717) is 27.3 Å². The largest absolute Gasteiger partial charge is 0.506 e. The molecule has 0 bridgehead atoms. The molecule has 2 aromatic carbocycles. The molecule has 174 valence electrons. The number of halogens is 2. The van der Waals surface area contributed by atoms with Gasteiger partial charge in [-0.2, -0.15) is 0 Å². The highest BCUT2D eigenvalue weighted by Crippen LogP contribution is 2.31. The van der Waals surface area contributed by atoms with E-state index in [1.807, 2.05) is 18.4 Å². The number of rotatable bonds is 5. The van der Waals surface area contributed by atoms with Crippen LogP contribution in [0.5, 0.6) is 5.75 Å². The minimum atomic E-state index is -0.668. The highest BCUT2D eigenvalue weighted by Gasteiger charge is 2.22. The van der Waals surface area contributed by atoms with Gasteiger partial charge in [0.2, 0.25) is 0 Å². The number of phenols is 1. The smallest absolute Gasteiger partial charge is 0.323 e. The first-order valence-corrected chi connectivity index (χ1v) is 10.9. The number of carbonyl (C=O) groups is 2.